The number of fused-ring (bicyclic) bond motifs is 2. The van der Waals surface area contributed by atoms with Gasteiger partial charge in [-0.2, -0.15) is 28.5 Å². The molecule has 12 heteroatoms. The molecule has 5 heterocycles. The number of anilines is 1. The van der Waals surface area contributed by atoms with Gasteiger partial charge in [-0.3, -0.25) is 14.4 Å². The number of hydrogen-bond donors (Lipinski definition) is 0. The molecule has 35 heavy (non-hydrogen) atoms. The molecule has 1 unspecified atom stereocenters. The van der Waals surface area contributed by atoms with Crippen LogP contribution in [-0.4, -0.2) is 53.0 Å². The van der Waals surface area contributed by atoms with Gasteiger partial charge in [-0.05, 0) is 32.8 Å². The largest absolute Gasteiger partial charge is 0.410 e. The summed E-state index contributed by atoms with van der Waals surface area (Å²) in [6, 6.07) is 1.36. The van der Waals surface area contributed by atoms with Crippen molar-refractivity contribution in [3.63, 3.8) is 0 Å². The smallest absolute Gasteiger partial charge is 0.293 e. The normalized spacial score (nSPS) is 16.2. The lowest BCUT2D eigenvalue weighted by molar-refractivity contribution is -0.172. The Hall–Kier alpha value is -3.70. The topological polar surface area (TPSA) is 86.7 Å². The van der Waals surface area contributed by atoms with Crippen molar-refractivity contribution in [2.45, 2.75) is 52.4 Å². The van der Waals surface area contributed by atoms with Crippen molar-refractivity contribution in [2.75, 3.05) is 11.4 Å². The molecule has 4 aromatic heterocycles. The second kappa shape index (κ2) is 8.21. The number of pyridine rings is 1. The Kier molecular flexibility index (Phi) is 5.41. The molecule has 0 N–H and O–H groups in total. The van der Waals surface area contributed by atoms with Crippen LogP contribution in [-0.2, 0) is 13.6 Å². The Bertz CT molecular complexity index is 1430. The van der Waals surface area contributed by atoms with E-state index < -0.39 is 18.1 Å². The molecule has 0 radical (unpaired) electrons. The number of rotatable bonds is 4. The zero-order valence-electron chi connectivity index (χ0n) is 19.8. The average Bonchev–Trinajstić information content (AvgIpc) is 3.50. The van der Waals surface area contributed by atoms with Gasteiger partial charge in [0.1, 0.15) is 5.82 Å². The van der Waals surface area contributed by atoms with Gasteiger partial charge in [0, 0.05) is 37.5 Å². The van der Waals surface area contributed by atoms with E-state index in [-0.39, 0.29) is 18.8 Å². The van der Waals surface area contributed by atoms with E-state index in [1.54, 1.807) is 21.6 Å². The van der Waals surface area contributed by atoms with Gasteiger partial charge >= 0.3 is 6.18 Å². The quantitative estimate of drug-likeness (QED) is 0.431. The highest BCUT2D eigenvalue weighted by Gasteiger charge is 2.46. The molecule has 0 saturated heterocycles. The first-order valence-corrected chi connectivity index (χ1v) is 11.4. The van der Waals surface area contributed by atoms with Crippen molar-refractivity contribution in [2.24, 2.45) is 7.05 Å². The molecule has 0 saturated carbocycles. The highest BCUT2D eigenvalue weighted by atomic mass is 19.4. The maximum atomic E-state index is 13.9. The lowest BCUT2D eigenvalue weighted by atomic mass is 10.0. The molecule has 9 nitrogen and oxygen atoms in total. The fourth-order valence-corrected chi connectivity index (χ4v) is 4.68. The van der Waals surface area contributed by atoms with Crippen molar-refractivity contribution >= 4 is 22.8 Å². The third-order valence-corrected chi connectivity index (χ3v) is 6.52. The van der Waals surface area contributed by atoms with E-state index in [9.17, 15) is 18.0 Å². The van der Waals surface area contributed by atoms with Gasteiger partial charge < -0.3 is 0 Å². The lowest BCUT2D eigenvalue weighted by Crippen LogP contribution is -2.43. The highest BCUT2D eigenvalue weighted by Crippen LogP contribution is 2.40. The van der Waals surface area contributed by atoms with Gasteiger partial charge in [-0.1, -0.05) is 6.92 Å². The van der Waals surface area contributed by atoms with Crippen LogP contribution in [0.5, 0.6) is 0 Å². The summed E-state index contributed by atoms with van der Waals surface area (Å²) >= 11 is 0. The van der Waals surface area contributed by atoms with Gasteiger partial charge in [-0.25, -0.2) is 14.3 Å². The Morgan fingerprint density at radius 1 is 1.23 bits per heavy atom. The van der Waals surface area contributed by atoms with Gasteiger partial charge in [0.15, 0.2) is 11.7 Å². The number of nitrogens with zero attached hydrogens (tertiary/aromatic N) is 8. The van der Waals surface area contributed by atoms with E-state index in [1.165, 1.54) is 17.2 Å². The number of amides is 1. The molecule has 1 atom stereocenters. The fourth-order valence-electron chi connectivity index (χ4n) is 4.68. The number of alkyl halides is 3. The number of aryl methyl sites for hydroxylation is 3. The Morgan fingerprint density at radius 3 is 2.66 bits per heavy atom. The van der Waals surface area contributed by atoms with E-state index in [2.05, 4.69) is 15.3 Å². The number of carbonyl (C=O) groups excluding carboxylic acids is 1. The molecule has 1 aliphatic rings. The first kappa shape index (κ1) is 23.1. The Balaban J connectivity index is 1.68. The zero-order chi connectivity index (χ0) is 25.1. The molecule has 4 aromatic rings. The van der Waals surface area contributed by atoms with Crippen LogP contribution in [0.15, 0.2) is 24.5 Å². The van der Waals surface area contributed by atoms with Crippen LogP contribution >= 0.6 is 0 Å². The summed E-state index contributed by atoms with van der Waals surface area (Å²) in [5, 5.41) is 13.4. The van der Waals surface area contributed by atoms with Crippen LogP contribution in [0.1, 0.15) is 47.6 Å². The van der Waals surface area contributed by atoms with E-state index >= 15 is 0 Å². The molecule has 0 spiro atoms. The van der Waals surface area contributed by atoms with Crippen LogP contribution in [0.25, 0.3) is 22.3 Å². The molecule has 0 fully saturated rings. The molecule has 1 aliphatic heterocycles. The van der Waals surface area contributed by atoms with Crippen LogP contribution in [0.3, 0.4) is 0 Å². The molecule has 184 valence electrons. The van der Waals surface area contributed by atoms with Gasteiger partial charge in [0.25, 0.3) is 5.91 Å². The first-order chi connectivity index (χ1) is 16.6. The summed E-state index contributed by atoms with van der Waals surface area (Å²) in [5.74, 6) is -0.298. The second-order valence-electron chi connectivity index (χ2n) is 8.77. The summed E-state index contributed by atoms with van der Waals surface area (Å²) < 4.78 is 45.1. The summed E-state index contributed by atoms with van der Waals surface area (Å²) in [7, 11) is 1.82. The van der Waals surface area contributed by atoms with Crippen molar-refractivity contribution in [3.8, 4) is 11.3 Å². The molecular weight excluding hydrogens is 461 g/mol. The van der Waals surface area contributed by atoms with Crippen LogP contribution < -0.4 is 4.90 Å². The Morgan fingerprint density at radius 2 is 2.00 bits per heavy atom. The summed E-state index contributed by atoms with van der Waals surface area (Å²) in [4.78, 5) is 20.1. The number of aromatic nitrogens is 7. The molecule has 0 aromatic carbocycles. The van der Waals surface area contributed by atoms with E-state index in [0.29, 0.717) is 34.5 Å². The minimum atomic E-state index is -4.46. The van der Waals surface area contributed by atoms with Crippen LogP contribution in [0.4, 0.5) is 19.0 Å². The van der Waals surface area contributed by atoms with Gasteiger partial charge in [0.2, 0.25) is 0 Å². The molecule has 0 bridgehead atoms. The fraction of sp³-hybridized carbons (Fsp3) is 0.435. The third kappa shape index (κ3) is 3.67. The Labute approximate surface area is 199 Å². The first-order valence-electron chi connectivity index (χ1n) is 11.4. The maximum Gasteiger partial charge on any atom is 0.410 e. The van der Waals surface area contributed by atoms with E-state index in [1.807, 2.05) is 27.8 Å². The standard InChI is InChI=1S/C23H25F3N8O/c1-5-9-33-21-20(13(2)30-33)15(11-17(29-21)16-12-28-31(4)14(16)3)22(35)32-10-7-18(23(24,25)26)34-19(32)6-8-27-34/h6,8,11-12,18H,5,7,9-10H2,1-4H3. The zero-order valence-corrected chi connectivity index (χ0v) is 19.8. The van der Waals surface area contributed by atoms with Crippen molar-refractivity contribution in [3.05, 3.63) is 41.5 Å². The highest BCUT2D eigenvalue weighted by molar-refractivity contribution is 6.14. The van der Waals surface area contributed by atoms with Crippen LogP contribution in [0.2, 0.25) is 0 Å². The summed E-state index contributed by atoms with van der Waals surface area (Å²) in [6.07, 6.45) is -0.934. The van der Waals surface area contributed by atoms with Crippen LogP contribution in [0, 0.1) is 13.8 Å². The summed E-state index contributed by atoms with van der Waals surface area (Å²) in [5.41, 5.74) is 3.74. The molecular formula is C23H25F3N8O. The average molecular weight is 487 g/mol. The minimum absolute atomic E-state index is 0.0814. The van der Waals surface area contributed by atoms with Crippen molar-refractivity contribution < 1.29 is 18.0 Å². The summed E-state index contributed by atoms with van der Waals surface area (Å²) in [6.45, 7) is 6.27. The minimum Gasteiger partial charge on any atom is -0.293 e. The predicted octanol–water partition coefficient (Wildman–Crippen LogP) is 4.21. The number of hydrogen-bond acceptors (Lipinski definition) is 5. The maximum absolute atomic E-state index is 13.9. The molecule has 0 aliphatic carbocycles. The second-order valence-corrected chi connectivity index (χ2v) is 8.77. The van der Waals surface area contributed by atoms with Gasteiger partial charge in [-0.15, -0.1) is 0 Å². The van der Waals surface area contributed by atoms with E-state index in [0.717, 1.165) is 22.4 Å². The van der Waals surface area contributed by atoms with Gasteiger partial charge in [0.05, 0.1) is 34.7 Å². The third-order valence-electron chi connectivity index (χ3n) is 6.52. The molecule has 5 rings (SSSR count). The number of halogens is 3. The number of carbonyl (C=O) groups is 1. The SMILES string of the molecule is CCCn1nc(C)c2c(C(=O)N3CCC(C(F)(F)F)n4nccc43)cc(-c3cnn(C)c3C)nc21. The molecule has 1 amide bonds. The van der Waals surface area contributed by atoms with Crippen molar-refractivity contribution in [1.82, 2.24) is 34.3 Å². The van der Waals surface area contributed by atoms with E-state index in [4.69, 9.17) is 4.98 Å². The monoisotopic (exact) mass is 486 g/mol. The van der Waals surface area contributed by atoms with Crippen molar-refractivity contribution in [1.29, 1.82) is 0 Å². The lowest BCUT2D eigenvalue weighted by Gasteiger charge is -2.34. The predicted molar refractivity (Wildman–Crippen MR) is 123 cm³/mol.